The van der Waals surface area contributed by atoms with E-state index < -0.39 is 0 Å². The second-order valence-electron chi connectivity index (χ2n) is 4.36. The molecule has 1 heterocycles. The van der Waals surface area contributed by atoms with Crippen molar-refractivity contribution in [1.82, 2.24) is 5.16 Å². The molecule has 92 valence electrons. The zero-order valence-electron chi connectivity index (χ0n) is 10.4. The van der Waals surface area contributed by atoms with Gasteiger partial charge in [-0.05, 0) is 12.8 Å². The minimum atomic E-state index is 0.448. The number of aromatic nitrogens is 1. The molecule has 0 spiro atoms. The van der Waals surface area contributed by atoms with Crippen molar-refractivity contribution in [1.29, 1.82) is 0 Å². The fourth-order valence-electron chi connectivity index (χ4n) is 1.83. The number of unbranched alkanes of at least 4 members (excludes halogenated alkanes) is 6. The Bertz CT molecular complexity index is 271. The summed E-state index contributed by atoms with van der Waals surface area (Å²) in [5.41, 5.74) is 6.50. The first kappa shape index (κ1) is 13.2. The topological polar surface area (TPSA) is 52.0 Å². The summed E-state index contributed by atoms with van der Waals surface area (Å²) in [6, 6.07) is 1.97. The van der Waals surface area contributed by atoms with Crippen LogP contribution < -0.4 is 5.73 Å². The minimum Gasteiger partial charge on any atom is -0.360 e. The Hall–Kier alpha value is -0.830. The van der Waals surface area contributed by atoms with Crippen molar-refractivity contribution in [2.75, 3.05) is 0 Å². The predicted molar refractivity (Wildman–Crippen MR) is 66.1 cm³/mol. The molecule has 1 aromatic heterocycles. The third kappa shape index (κ3) is 5.31. The molecule has 0 aliphatic rings. The summed E-state index contributed by atoms with van der Waals surface area (Å²) < 4.78 is 5.05. The van der Waals surface area contributed by atoms with Gasteiger partial charge >= 0.3 is 0 Å². The maximum Gasteiger partial charge on any atom is 0.150 e. The summed E-state index contributed by atoms with van der Waals surface area (Å²) in [6.45, 7) is 2.70. The Morgan fingerprint density at radius 1 is 1.12 bits per heavy atom. The molecule has 2 N–H and O–H groups in total. The molecule has 0 aliphatic carbocycles. The lowest BCUT2D eigenvalue weighted by Crippen LogP contribution is -1.92. The van der Waals surface area contributed by atoms with Crippen molar-refractivity contribution < 1.29 is 4.52 Å². The van der Waals surface area contributed by atoms with Gasteiger partial charge in [0.25, 0.3) is 0 Å². The molecular weight excluding hydrogens is 200 g/mol. The smallest absolute Gasteiger partial charge is 0.150 e. The van der Waals surface area contributed by atoms with Crippen molar-refractivity contribution in [3.05, 3.63) is 17.5 Å². The number of nitrogens with zero attached hydrogens (tertiary/aromatic N) is 1. The number of hydrogen-bond acceptors (Lipinski definition) is 3. The highest BCUT2D eigenvalue weighted by Gasteiger charge is 2.01. The van der Waals surface area contributed by atoms with Gasteiger partial charge in [0.2, 0.25) is 0 Å². The van der Waals surface area contributed by atoms with E-state index in [1.165, 1.54) is 44.9 Å². The van der Waals surface area contributed by atoms with Gasteiger partial charge in [-0.25, -0.2) is 0 Å². The first-order valence-corrected chi connectivity index (χ1v) is 6.51. The molecule has 0 aromatic carbocycles. The van der Waals surface area contributed by atoms with E-state index in [1.54, 1.807) is 0 Å². The molecule has 3 heteroatoms. The quantitative estimate of drug-likeness (QED) is 0.654. The molecule has 0 radical (unpaired) electrons. The molecular formula is C13H24N2O. The molecule has 3 nitrogen and oxygen atoms in total. The summed E-state index contributed by atoms with van der Waals surface area (Å²) in [7, 11) is 0. The van der Waals surface area contributed by atoms with Crippen LogP contribution in [0.1, 0.15) is 63.3 Å². The van der Waals surface area contributed by atoms with E-state index >= 15 is 0 Å². The number of aryl methyl sites for hydroxylation is 1. The molecule has 0 aliphatic heterocycles. The molecule has 0 bridgehead atoms. The third-order valence-corrected chi connectivity index (χ3v) is 2.85. The molecule has 0 amide bonds. The second-order valence-corrected chi connectivity index (χ2v) is 4.36. The second kappa shape index (κ2) is 8.34. The third-order valence-electron chi connectivity index (χ3n) is 2.85. The fourth-order valence-corrected chi connectivity index (χ4v) is 1.83. The van der Waals surface area contributed by atoms with E-state index in [2.05, 4.69) is 12.1 Å². The van der Waals surface area contributed by atoms with E-state index in [1.807, 2.05) is 6.07 Å². The predicted octanol–water partition coefficient (Wildman–Crippen LogP) is 3.43. The molecule has 0 atom stereocenters. The van der Waals surface area contributed by atoms with Gasteiger partial charge < -0.3 is 10.3 Å². The Kier molecular flexibility index (Phi) is 6.90. The fraction of sp³-hybridized carbons (Fsp3) is 0.769. The van der Waals surface area contributed by atoms with Crippen LogP contribution in [-0.4, -0.2) is 5.16 Å². The lowest BCUT2D eigenvalue weighted by atomic mass is 10.1. The largest absolute Gasteiger partial charge is 0.360 e. The monoisotopic (exact) mass is 224 g/mol. The molecule has 1 aromatic rings. The summed E-state index contributed by atoms with van der Waals surface area (Å²) in [5, 5.41) is 3.98. The normalized spacial score (nSPS) is 10.9. The van der Waals surface area contributed by atoms with Crippen LogP contribution in [0.15, 0.2) is 10.6 Å². The van der Waals surface area contributed by atoms with Gasteiger partial charge in [0.1, 0.15) is 0 Å². The molecule has 0 fully saturated rings. The van der Waals surface area contributed by atoms with Gasteiger partial charge in [-0.2, -0.15) is 0 Å². The Balaban J connectivity index is 1.98. The minimum absolute atomic E-state index is 0.448. The van der Waals surface area contributed by atoms with Crippen LogP contribution in [0.4, 0.5) is 0 Å². The summed E-state index contributed by atoms with van der Waals surface area (Å²) in [6.07, 6.45) is 10.3. The van der Waals surface area contributed by atoms with Crippen molar-refractivity contribution >= 4 is 0 Å². The van der Waals surface area contributed by atoms with Crippen LogP contribution in [0.25, 0.3) is 0 Å². The number of hydrogen-bond donors (Lipinski definition) is 1. The molecule has 16 heavy (non-hydrogen) atoms. The lowest BCUT2D eigenvalue weighted by Gasteiger charge is -1.99. The van der Waals surface area contributed by atoms with Gasteiger partial charge in [0, 0.05) is 6.07 Å². The van der Waals surface area contributed by atoms with Gasteiger partial charge in [0.15, 0.2) is 5.76 Å². The molecule has 1 rings (SSSR count). The maximum absolute atomic E-state index is 5.45. The van der Waals surface area contributed by atoms with Crippen LogP contribution >= 0.6 is 0 Å². The summed E-state index contributed by atoms with van der Waals surface area (Å²) in [4.78, 5) is 0. The SMILES string of the molecule is CCCCCCCCCc1cc(CN)on1. The van der Waals surface area contributed by atoms with E-state index in [-0.39, 0.29) is 0 Å². The Morgan fingerprint density at radius 2 is 1.81 bits per heavy atom. The van der Waals surface area contributed by atoms with Crippen molar-refractivity contribution in [3.63, 3.8) is 0 Å². The first-order chi connectivity index (χ1) is 7.86. The highest BCUT2D eigenvalue weighted by atomic mass is 16.5. The highest BCUT2D eigenvalue weighted by Crippen LogP contribution is 2.10. The van der Waals surface area contributed by atoms with E-state index in [4.69, 9.17) is 10.3 Å². The summed E-state index contributed by atoms with van der Waals surface area (Å²) in [5.74, 6) is 0.790. The lowest BCUT2D eigenvalue weighted by molar-refractivity contribution is 0.377. The van der Waals surface area contributed by atoms with Gasteiger partial charge in [-0.1, -0.05) is 50.6 Å². The highest BCUT2D eigenvalue weighted by molar-refractivity contribution is 5.04. The van der Waals surface area contributed by atoms with Crippen molar-refractivity contribution in [2.24, 2.45) is 5.73 Å². The number of rotatable bonds is 9. The summed E-state index contributed by atoms with van der Waals surface area (Å²) >= 11 is 0. The van der Waals surface area contributed by atoms with Gasteiger partial charge in [-0.3, -0.25) is 0 Å². The van der Waals surface area contributed by atoms with E-state index in [9.17, 15) is 0 Å². The standard InChI is InChI=1S/C13H24N2O/c1-2-3-4-5-6-7-8-9-12-10-13(11-14)16-15-12/h10H,2-9,11,14H2,1H3. The van der Waals surface area contributed by atoms with E-state index in [0.717, 1.165) is 17.9 Å². The molecule has 0 unspecified atom stereocenters. The molecule has 0 saturated carbocycles. The molecule has 0 saturated heterocycles. The Labute approximate surface area is 98.4 Å². The maximum atomic E-state index is 5.45. The van der Waals surface area contributed by atoms with Crippen molar-refractivity contribution in [2.45, 2.75) is 64.8 Å². The Morgan fingerprint density at radius 3 is 2.44 bits per heavy atom. The average molecular weight is 224 g/mol. The van der Waals surface area contributed by atoms with Crippen molar-refractivity contribution in [3.8, 4) is 0 Å². The first-order valence-electron chi connectivity index (χ1n) is 6.51. The average Bonchev–Trinajstić information content (AvgIpc) is 2.76. The number of nitrogens with two attached hydrogens (primary N) is 1. The zero-order chi connectivity index (χ0) is 11.6. The van der Waals surface area contributed by atoms with Gasteiger partial charge in [-0.15, -0.1) is 0 Å². The van der Waals surface area contributed by atoms with Gasteiger partial charge in [0.05, 0.1) is 12.2 Å². The van der Waals surface area contributed by atoms with Crippen LogP contribution in [0.5, 0.6) is 0 Å². The van der Waals surface area contributed by atoms with Crippen LogP contribution in [0, 0.1) is 0 Å². The van der Waals surface area contributed by atoms with Crippen LogP contribution in [0.3, 0.4) is 0 Å². The van der Waals surface area contributed by atoms with Crippen LogP contribution in [-0.2, 0) is 13.0 Å². The van der Waals surface area contributed by atoms with Crippen LogP contribution in [0.2, 0.25) is 0 Å². The van der Waals surface area contributed by atoms with E-state index in [0.29, 0.717) is 6.54 Å². The zero-order valence-corrected chi connectivity index (χ0v) is 10.4.